The molecule has 0 spiro atoms. The first-order chi connectivity index (χ1) is 22.9. The molecular weight excluding hydrogens is 711 g/mol. The van der Waals surface area contributed by atoms with Gasteiger partial charge in [-0.3, -0.25) is 14.5 Å². The molecule has 48 heavy (non-hydrogen) atoms. The maximum Gasteiger partial charge on any atom is 0.418 e. The van der Waals surface area contributed by atoms with E-state index in [-0.39, 0.29) is 41.2 Å². The average Bonchev–Trinajstić information content (AvgIpc) is 3.52. The average molecular weight is 755 g/mol. The Kier molecular flexibility index (Phi) is 10.6. The molecule has 5 heterocycles. The molecule has 6 rings (SSSR count). The molecule has 0 radical (unpaired) electrons. The Bertz CT molecular complexity index is 1500. The second-order valence-electron chi connectivity index (χ2n) is 13.5. The molecule has 2 aromatic rings. The van der Waals surface area contributed by atoms with Crippen molar-refractivity contribution in [1.82, 2.24) is 24.5 Å². The van der Waals surface area contributed by atoms with Crippen LogP contribution < -0.4 is 11.1 Å². The van der Waals surface area contributed by atoms with E-state index in [2.05, 4.69) is 38.1 Å². The fourth-order valence-corrected chi connectivity index (χ4v) is 8.80. The van der Waals surface area contributed by atoms with Crippen LogP contribution in [0.1, 0.15) is 48.8 Å². The number of nitrogens with one attached hydrogen (secondary N) is 1. The largest absolute Gasteiger partial charge is 0.418 e. The van der Waals surface area contributed by atoms with E-state index >= 15 is 0 Å². The minimum Gasteiger partial charge on any atom is -0.397 e. The number of likely N-dealkylation sites (tertiary alicyclic amines) is 2. The minimum atomic E-state index is -4.66. The molecule has 1 atom stereocenters. The van der Waals surface area contributed by atoms with Gasteiger partial charge in [0.2, 0.25) is 11.8 Å². The van der Waals surface area contributed by atoms with Crippen molar-refractivity contribution in [3.63, 3.8) is 0 Å². The van der Waals surface area contributed by atoms with Crippen LogP contribution in [0.15, 0.2) is 27.4 Å². The van der Waals surface area contributed by atoms with Gasteiger partial charge in [-0.25, -0.2) is 4.79 Å². The van der Waals surface area contributed by atoms with Gasteiger partial charge in [-0.05, 0) is 78.2 Å². The molecule has 3 N–H and O–H groups in total. The number of hydrogen-bond acceptors (Lipinski definition) is 7. The number of benzene rings is 1. The first-order valence-corrected chi connectivity index (χ1v) is 18.4. The van der Waals surface area contributed by atoms with Gasteiger partial charge in [-0.2, -0.15) is 13.2 Å². The molecule has 1 aromatic heterocycles. The number of alkyl halides is 3. The Hall–Kier alpha value is -2.88. The zero-order valence-electron chi connectivity index (χ0n) is 27.1. The molecule has 0 unspecified atom stereocenters. The number of nitrogens with zero attached hydrogens (tertiary/aromatic N) is 5. The number of thiophene rings is 1. The Labute approximate surface area is 291 Å². The van der Waals surface area contributed by atoms with Gasteiger partial charge in [0.1, 0.15) is 0 Å². The molecule has 4 aliphatic heterocycles. The van der Waals surface area contributed by atoms with Gasteiger partial charge in [0.25, 0.3) is 0 Å². The fourth-order valence-electron chi connectivity index (χ4n) is 7.51. The molecule has 4 amide bonds. The zero-order chi connectivity index (χ0) is 34.2. The van der Waals surface area contributed by atoms with E-state index < -0.39 is 23.3 Å². The van der Waals surface area contributed by atoms with Crippen LogP contribution >= 0.6 is 27.3 Å². The molecule has 3 saturated heterocycles. The van der Waals surface area contributed by atoms with Crippen LogP contribution in [0.3, 0.4) is 0 Å². The smallest absolute Gasteiger partial charge is 0.397 e. The van der Waals surface area contributed by atoms with E-state index in [1.165, 1.54) is 6.07 Å². The highest BCUT2D eigenvalue weighted by Crippen LogP contribution is 2.39. The lowest BCUT2D eigenvalue weighted by molar-refractivity contribution is -0.143. The normalized spacial score (nSPS) is 21.3. The van der Waals surface area contributed by atoms with Crippen LogP contribution in [0, 0.1) is 5.92 Å². The lowest BCUT2D eigenvalue weighted by atomic mass is 9.91. The first-order valence-electron chi connectivity index (χ1n) is 16.6. The summed E-state index contributed by atoms with van der Waals surface area (Å²) in [4.78, 5) is 50.7. The Morgan fingerprint density at radius 3 is 2.29 bits per heavy atom. The highest BCUT2D eigenvalue weighted by molar-refractivity contribution is 9.10. The van der Waals surface area contributed by atoms with E-state index in [9.17, 15) is 27.6 Å². The molecule has 1 aromatic carbocycles. The summed E-state index contributed by atoms with van der Waals surface area (Å²) in [6, 6.07) is 2.75. The molecule has 0 saturated carbocycles. The number of halogens is 4. The number of piperidine rings is 2. The third-order valence-corrected chi connectivity index (χ3v) is 11.9. The van der Waals surface area contributed by atoms with Gasteiger partial charge >= 0.3 is 12.2 Å². The summed E-state index contributed by atoms with van der Waals surface area (Å²) in [5, 5.41) is 6.90. The van der Waals surface area contributed by atoms with Crippen LogP contribution in [0.4, 0.5) is 29.3 Å². The monoisotopic (exact) mass is 753 g/mol. The number of nitrogen functional groups attached to an aromatic ring is 1. The molecule has 3 fully saturated rings. The number of piperazine rings is 1. The number of likely N-dealkylation sites (N-methyl/N-ethyl adjacent to an activating group) is 1. The van der Waals surface area contributed by atoms with Crippen LogP contribution in [0.2, 0.25) is 0 Å². The highest BCUT2D eigenvalue weighted by Gasteiger charge is 2.38. The predicted octanol–water partition coefficient (Wildman–Crippen LogP) is 4.94. The minimum absolute atomic E-state index is 0.0156. The predicted molar refractivity (Wildman–Crippen MR) is 183 cm³/mol. The summed E-state index contributed by atoms with van der Waals surface area (Å²) in [6.07, 6.45) is -1.91. The Balaban J connectivity index is 1.13. The lowest BCUT2D eigenvalue weighted by Gasteiger charge is -2.42. The maximum atomic E-state index is 14.1. The lowest BCUT2D eigenvalue weighted by Crippen LogP contribution is -2.54. The van der Waals surface area contributed by atoms with Gasteiger partial charge in [0.15, 0.2) is 0 Å². The fraction of sp³-hybridized carbons (Fsp3) is 0.606. The molecule has 0 aliphatic carbocycles. The number of rotatable bonds is 7. The number of urea groups is 1. The van der Waals surface area contributed by atoms with Gasteiger partial charge in [-0.15, -0.1) is 11.3 Å². The van der Waals surface area contributed by atoms with Crippen molar-refractivity contribution in [3.8, 4) is 0 Å². The number of amides is 4. The molecule has 4 aliphatic rings. The Morgan fingerprint density at radius 1 is 0.979 bits per heavy atom. The van der Waals surface area contributed by atoms with Crippen molar-refractivity contribution in [2.75, 3.05) is 70.5 Å². The van der Waals surface area contributed by atoms with E-state index in [4.69, 9.17) is 5.73 Å². The molecule has 0 bridgehead atoms. The van der Waals surface area contributed by atoms with Crippen molar-refractivity contribution >= 4 is 56.5 Å². The second kappa shape index (κ2) is 14.5. The van der Waals surface area contributed by atoms with Gasteiger partial charge in [0.05, 0.1) is 29.4 Å². The summed E-state index contributed by atoms with van der Waals surface area (Å²) >= 11 is 4.71. The third-order valence-electron chi connectivity index (χ3n) is 10.4. The molecular formula is C33H43BrF3N7O3S. The SMILES string of the molecule is CN1CCN(C2CCN(C(=O)[C@H](CC(=O)N3CCC(N4Cc5cscc5NC4=O)CC3)Cc3cc(Br)c(N)c(C(F)(F)F)c3)CC2)CC1. The quantitative estimate of drug-likeness (QED) is 0.389. The van der Waals surface area contributed by atoms with Gasteiger partial charge in [0, 0.05) is 86.3 Å². The molecule has 15 heteroatoms. The number of fused-ring (bicyclic) bond motifs is 1. The molecule has 262 valence electrons. The van der Waals surface area contributed by atoms with Crippen molar-refractivity contribution in [1.29, 1.82) is 0 Å². The van der Waals surface area contributed by atoms with Gasteiger partial charge in [-0.1, -0.05) is 0 Å². The van der Waals surface area contributed by atoms with Crippen LogP contribution in [-0.4, -0.2) is 114 Å². The number of nitrogens with two attached hydrogens (primary N) is 1. The maximum absolute atomic E-state index is 14.1. The van der Waals surface area contributed by atoms with Crippen molar-refractivity contribution in [3.05, 3.63) is 44.1 Å². The molecule has 10 nitrogen and oxygen atoms in total. The number of carbonyl (C=O) groups is 3. The summed E-state index contributed by atoms with van der Waals surface area (Å²) in [5.41, 5.74) is 6.62. The van der Waals surface area contributed by atoms with E-state index in [0.29, 0.717) is 57.2 Å². The summed E-state index contributed by atoms with van der Waals surface area (Å²) < 4.78 is 41.6. The van der Waals surface area contributed by atoms with Crippen LogP contribution in [0.25, 0.3) is 0 Å². The van der Waals surface area contributed by atoms with Crippen LogP contribution in [-0.2, 0) is 28.7 Å². The number of carbonyl (C=O) groups excluding carboxylic acids is 3. The van der Waals surface area contributed by atoms with Crippen molar-refractivity contribution in [2.24, 2.45) is 5.92 Å². The Morgan fingerprint density at radius 2 is 1.62 bits per heavy atom. The first kappa shape index (κ1) is 35.0. The van der Waals surface area contributed by atoms with E-state index in [1.807, 2.05) is 15.7 Å². The van der Waals surface area contributed by atoms with E-state index in [1.54, 1.807) is 21.1 Å². The summed E-state index contributed by atoms with van der Waals surface area (Å²) in [7, 11) is 2.12. The number of anilines is 2. The van der Waals surface area contributed by atoms with Gasteiger partial charge < -0.3 is 30.7 Å². The van der Waals surface area contributed by atoms with Crippen molar-refractivity contribution < 1.29 is 27.6 Å². The summed E-state index contributed by atoms with van der Waals surface area (Å²) in [6.45, 7) is 6.52. The second-order valence-corrected chi connectivity index (χ2v) is 15.1. The third kappa shape index (κ3) is 7.79. The van der Waals surface area contributed by atoms with Crippen LogP contribution in [0.5, 0.6) is 0 Å². The standard InChI is InChI=1S/C33H43BrF3N7O3S/c1-40-10-12-41(13-11-40)24-2-8-43(9-3-24)31(46)22(14-21-15-26(33(35,36)37)30(38)27(34)16-21)17-29(45)42-6-4-25(5-7-42)44-18-23-19-48-20-28(23)39-32(44)47/h15-16,19-20,22,24-25H,2-14,17-18,38H2,1H3,(H,39,47)/t22-/m0/s1. The highest BCUT2D eigenvalue weighted by atomic mass is 79.9. The summed E-state index contributed by atoms with van der Waals surface area (Å²) in [5.74, 6) is -1.22. The zero-order valence-corrected chi connectivity index (χ0v) is 29.5. The van der Waals surface area contributed by atoms with E-state index in [0.717, 1.165) is 56.3 Å². The topological polar surface area (TPSA) is 105 Å². The number of hydrogen-bond donors (Lipinski definition) is 2. The van der Waals surface area contributed by atoms with Crippen molar-refractivity contribution in [2.45, 2.75) is 63.3 Å².